The van der Waals surface area contributed by atoms with Gasteiger partial charge in [0, 0.05) is 36.1 Å². The molecule has 0 saturated carbocycles. The molecule has 0 saturated heterocycles. The van der Waals surface area contributed by atoms with E-state index in [0.717, 1.165) is 34.3 Å². The standard InChI is InChI=1S/C21H17N3O/c25-21-9-7-17-10-16(6-8-20(17)24-21)18-11-19(14-22-13-18)23-12-15-4-2-1-3-5-15/h1-11,13-14,23H,12H2,(H,24,25). The van der Waals surface area contributed by atoms with Crippen molar-refractivity contribution in [1.29, 1.82) is 0 Å². The number of benzene rings is 2. The molecule has 0 unspecified atom stereocenters. The van der Waals surface area contributed by atoms with Crippen LogP contribution in [0.15, 0.2) is 83.9 Å². The van der Waals surface area contributed by atoms with Gasteiger partial charge in [-0.2, -0.15) is 0 Å². The first-order chi connectivity index (χ1) is 12.3. The number of rotatable bonds is 4. The summed E-state index contributed by atoms with van der Waals surface area (Å²) in [6.45, 7) is 0.755. The lowest BCUT2D eigenvalue weighted by Gasteiger charge is -2.09. The van der Waals surface area contributed by atoms with Crippen molar-refractivity contribution in [1.82, 2.24) is 9.97 Å². The van der Waals surface area contributed by atoms with Crippen LogP contribution < -0.4 is 10.9 Å². The van der Waals surface area contributed by atoms with Crippen molar-refractivity contribution < 1.29 is 0 Å². The van der Waals surface area contributed by atoms with Gasteiger partial charge in [-0.1, -0.05) is 36.4 Å². The highest BCUT2D eigenvalue weighted by Gasteiger charge is 2.03. The van der Waals surface area contributed by atoms with Crippen LogP contribution >= 0.6 is 0 Å². The molecule has 0 aliphatic heterocycles. The van der Waals surface area contributed by atoms with Crippen molar-refractivity contribution in [2.45, 2.75) is 6.54 Å². The summed E-state index contributed by atoms with van der Waals surface area (Å²) < 4.78 is 0. The van der Waals surface area contributed by atoms with Crippen LogP contribution in [-0.4, -0.2) is 9.97 Å². The Morgan fingerprint density at radius 2 is 1.76 bits per heavy atom. The molecule has 0 aliphatic carbocycles. The number of anilines is 1. The van der Waals surface area contributed by atoms with Gasteiger partial charge >= 0.3 is 0 Å². The van der Waals surface area contributed by atoms with Crippen molar-refractivity contribution in [2.75, 3.05) is 5.32 Å². The zero-order chi connectivity index (χ0) is 17.1. The van der Waals surface area contributed by atoms with Crippen molar-refractivity contribution in [3.63, 3.8) is 0 Å². The van der Waals surface area contributed by atoms with Gasteiger partial charge in [0.1, 0.15) is 0 Å². The summed E-state index contributed by atoms with van der Waals surface area (Å²) in [7, 11) is 0. The monoisotopic (exact) mass is 327 g/mol. The van der Waals surface area contributed by atoms with Crippen molar-refractivity contribution in [2.24, 2.45) is 0 Å². The molecule has 2 heterocycles. The van der Waals surface area contributed by atoms with Gasteiger partial charge < -0.3 is 10.3 Å². The van der Waals surface area contributed by atoms with E-state index in [2.05, 4.69) is 39.6 Å². The molecule has 0 atom stereocenters. The number of pyridine rings is 2. The molecule has 2 aromatic carbocycles. The van der Waals surface area contributed by atoms with E-state index >= 15 is 0 Å². The van der Waals surface area contributed by atoms with Gasteiger partial charge in [0.05, 0.1) is 5.69 Å². The van der Waals surface area contributed by atoms with Crippen LogP contribution in [-0.2, 0) is 6.54 Å². The minimum absolute atomic E-state index is 0.0889. The number of aromatic nitrogens is 2. The second kappa shape index (κ2) is 6.61. The fourth-order valence-corrected chi connectivity index (χ4v) is 2.83. The highest BCUT2D eigenvalue weighted by atomic mass is 16.1. The fourth-order valence-electron chi connectivity index (χ4n) is 2.83. The second-order valence-corrected chi connectivity index (χ2v) is 5.93. The smallest absolute Gasteiger partial charge is 0.248 e. The average Bonchev–Trinajstić information content (AvgIpc) is 2.67. The van der Waals surface area contributed by atoms with E-state index in [4.69, 9.17) is 0 Å². The van der Waals surface area contributed by atoms with Crippen LogP contribution in [0.1, 0.15) is 5.56 Å². The molecule has 4 nitrogen and oxygen atoms in total. The predicted molar refractivity (Wildman–Crippen MR) is 102 cm³/mol. The van der Waals surface area contributed by atoms with E-state index in [1.165, 1.54) is 5.56 Å². The Labute approximate surface area is 145 Å². The lowest BCUT2D eigenvalue weighted by atomic mass is 10.0. The summed E-state index contributed by atoms with van der Waals surface area (Å²) in [6, 6.07) is 21.7. The molecule has 4 heteroatoms. The minimum Gasteiger partial charge on any atom is -0.380 e. The van der Waals surface area contributed by atoms with Crippen LogP contribution in [0.25, 0.3) is 22.0 Å². The normalized spacial score (nSPS) is 10.7. The number of hydrogen-bond acceptors (Lipinski definition) is 3. The maximum absolute atomic E-state index is 11.4. The number of nitrogens with one attached hydrogen (secondary N) is 2. The van der Waals surface area contributed by atoms with Gasteiger partial charge in [-0.15, -0.1) is 0 Å². The molecule has 25 heavy (non-hydrogen) atoms. The number of H-pyrrole nitrogens is 1. The van der Waals surface area contributed by atoms with Crippen molar-refractivity contribution in [3.8, 4) is 11.1 Å². The van der Waals surface area contributed by atoms with Crippen LogP contribution in [0.2, 0.25) is 0 Å². The largest absolute Gasteiger partial charge is 0.380 e. The van der Waals surface area contributed by atoms with Crippen LogP contribution in [0, 0.1) is 0 Å². The Morgan fingerprint density at radius 1 is 0.880 bits per heavy atom. The Morgan fingerprint density at radius 3 is 2.64 bits per heavy atom. The van der Waals surface area contributed by atoms with E-state index in [1.807, 2.05) is 48.8 Å². The number of hydrogen-bond donors (Lipinski definition) is 2. The lowest BCUT2D eigenvalue weighted by Crippen LogP contribution is -2.02. The number of nitrogens with zero attached hydrogens (tertiary/aromatic N) is 1. The maximum atomic E-state index is 11.4. The van der Waals surface area contributed by atoms with Crippen LogP contribution in [0.3, 0.4) is 0 Å². The SMILES string of the molecule is O=c1ccc2cc(-c3cncc(NCc4ccccc4)c3)ccc2[nH]1. The fraction of sp³-hybridized carbons (Fsp3) is 0.0476. The summed E-state index contributed by atoms with van der Waals surface area (Å²) in [5.74, 6) is 0. The molecule has 0 spiro atoms. The predicted octanol–water partition coefficient (Wildman–Crippen LogP) is 4.20. The Hall–Kier alpha value is -3.40. The molecule has 0 fully saturated rings. The number of aromatic amines is 1. The van der Waals surface area contributed by atoms with Gasteiger partial charge in [0.25, 0.3) is 0 Å². The van der Waals surface area contributed by atoms with E-state index < -0.39 is 0 Å². The first-order valence-corrected chi connectivity index (χ1v) is 8.14. The second-order valence-electron chi connectivity index (χ2n) is 5.93. The van der Waals surface area contributed by atoms with E-state index in [-0.39, 0.29) is 5.56 Å². The van der Waals surface area contributed by atoms with Gasteiger partial charge in [0.2, 0.25) is 5.56 Å². The van der Waals surface area contributed by atoms with Gasteiger partial charge in [-0.25, -0.2) is 0 Å². The quantitative estimate of drug-likeness (QED) is 0.590. The molecule has 0 aliphatic rings. The molecule has 2 N–H and O–H groups in total. The Balaban J connectivity index is 1.60. The first kappa shape index (κ1) is 15.1. The zero-order valence-corrected chi connectivity index (χ0v) is 13.6. The molecule has 122 valence electrons. The van der Waals surface area contributed by atoms with Crippen LogP contribution in [0.5, 0.6) is 0 Å². The highest BCUT2D eigenvalue weighted by Crippen LogP contribution is 2.24. The first-order valence-electron chi connectivity index (χ1n) is 8.14. The van der Waals surface area contributed by atoms with Crippen molar-refractivity contribution >= 4 is 16.6 Å². The number of fused-ring (bicyclic) bond motifs is 1. The third-order valence-corrected chi connectivity index (χ3v) is 4.13. The summed E-state index contributed by atoms with van der Waals surface area (Å²) in [6.07, 6.45) is 3.67. The van der Waals surface area contributed by atoms with Crippen LogP contribution in [0.4, 0.5) is 5.69 Å². The Bertz CT molecular complexity index is 1070. The average molecular weight is 327 g/mol. The molecule has 4 rings (SSSR count). The summed E-state index contributed by atoms with van der Waals surface area (Å²) in [5, 5.41) is 4.41. The summed E-state index contributed by atoms with van der Waals surface area (Å²) in [4.78, 5) is 18.6. The molecule has 0 bridgehead atoms. The maximum Gasteiger partial charge on any atom is 0.248 e. The van der Waals surface area contributed by atoms with Gasteiger partial charge in [0.15, 0.2) is 0 Å². The molecule has 0 amide bonds. The third-order valence-electron chi connectivity index (χ3n) is 4.13. The zero-order valence-electron chi connectivity index (χ0n) is 13.6. The van der Waals surface area contributed by atoms with E-state index in [9.17, 15) is 4.79 Å². The van der Waals surface area contributed by atoms with Crippen molar-refractivity contribution in [3.05, 3.63) is 95.0 Å². The third kappa shape index (κ3) is 3.43. The molecule has 2 aromatic heterocycles. The molecular weight excluding hydrogens is 310 g/mol. The summed E-state index contributed by atoms with van der Waals surface area (Å²) >= 11 is 0. The minimum atomic E-state index is -0.0889. The topological polar surface area (TPSA) is 57.8 Å². The molecule has 0 radical (unpaired) electrons. The molecular formula is C21H17N3O. The Kier molecular flexibility index (Phi) is 4.01. The van der Waals surface area contributed by atoms with Gasteiger partial charge in [-0.3, -0.25) is 9.78 Å². The van der Waals surface area contributed by atoms with E-state index in [0.29, 0.717) is 0 Å². The van der Waals surface area contributed by atoms with E-state index in [1.54, 1.807) is 6.07 Å². The summed E-state index contributed by atoms with van der Waals surface area (Å²) in [5.41, 5.74) is 5.05. The highest BCUT2D eigenvalue weighted by molar-refractivity contribution is 5.84. The van der Waals surface area contributed by atoms with Gasteiger partial charge in [-0.05, 0) is 40.8 Å². The lowest BCUT2D eigenvalue weighted by molar-refractivity contribution is 1.14. The molecule has 4 aromatic rings.